The number of fused-ring (bicyclic) bond motifs is 1. The first-order chi connectivity index (χ1) is 9.17. The van der Waals surface area contributed by atoms with Crippen molar-refractivity contribution in [3.8, 4) is 11.5 Å². The normalized spacial score (nSPS) is 22.0. The molecule has 0 aliphatic carbocycles. The number of benzene rings is 1. The van der Waals surface area contributed by atoms with Crippen LogP contribution in [-0.2, 0) is 13.0 Å². The predicted molar refractivity (Wildman–Crippen MR) is 74.9 cm³/mol. The third-order valence-electron chi connectivity index (χ3n) is 4.10. The van der Waals surface area contributed by atoms with Crippen molar-refractivity contribution >= 4 is 0 Å². The Hall–Kier alpha value is -1.26. The zero-order valence-electron chi connectivity index (χ0n) is 11.9. The van der Waals surface area contributed by atoms with E-state index in [0.29, 0.717) is 6.04 Å². The van der Waals surface area contributed by atoms with Crippen molar-refractivity contribution in [2.75, 3.05) is 27.2 Å². The van der Waals surface area contributed by atoms with E-state index in [9.17, 15) is 0 Å². The minimum Gasteiger partial charge on any atom is -0.496 e. The van der Waals surface area contributed by atoms with Gasteiger partial charge in [0.2, 0.25) is 0 Å². The van der Waals surface area contributed by atoms with Crippen LogP contribution in [0.15, 0.2) is 12.1 Å². The van der Waals surface area contributed by atoms with Crippen LogP contribution >= 0.6 is 0 Å². The molecule has 0 saturated carbocycles. The van der Waals surface area contributed by atoms with E-state index in [2.05, 4.69) is 36.3 Å². The van der Waals surface area contributed by atoms with Crippen molar-refractivity contribution in [3.05, 3.63) is 23.3 Å². The van der Waals surface area contributed by atoms with E-state index in [1.807, 2.05) is 0 Å². The smallest absolute Gasteiger partial charge is 0.123 e. The van der Waals surface area contributed by atoms with Gasteiger partial charge in [-0.25, -0.2) is 0 Å². The SMILES string of the molecule is COc1cc2c(cc1CN(C)C1CNC1)OC(C)C2. The van der Waals surface area contributed by atoms with Crippen LogP contribution in [-0.4, -0.2) is 44.3 Å². The van der Waals surface area contributed by atoms with Crippen molar-refractivity contribution in [2.45, 2.75) is 32.0 Å². The maximum atomic E-state index is 5.84. The van der Waals surface area contributed by atoms with Crippen molar-refractivity contribution in [1.82, 2.24) is 10.2 Å². The van der Waals surface area contributed by atoms with E-state index in [0.717, 1.165) is 37.6 Å². The lowest BCUT2D eigenvalue weighted by Gasteiger charge is -2.35. The van der Waals surface area contributed by atoms with Gasteiger partial charge in [-0.1, -0.05) is 0 Å². The number of hydrogen-bond acceptors (Lipinski definition) is 4. The highest BCUT2D eigenvalue weighted by Gasteiger charge is 2.25. The summed E-state index contributed by atoms with van der Waals surface area (Å²) in [5, 5.41) is 3.31. The van der Waals surface area contributed by atoms with Gasteiger partial charge in [0.25, 0.3) is 0 Å². The van der Waals surface area contributed by atoms with E-state index >= 15 is 0 Å². The summed E-state index contributed by atoms with van der Waals surface area (Å²) in [6, 6.07) is 4.93. The number of nitrogens with zero attached hydrogens (tertiary/aromatic N) is 1. The van der Waals surface area contributed by atoms with Gasteiger partial charge in [0, 0.05) is 43.2 Å². The monoisotopic (exact) mass is 262 g/mol. The van der Waals surface area contributed by atoms with Crippen LogP contribution in [0.1, 0.15) is 18.1 Å². The fourth-order valence-electron chi connectivity index (χ4n) is 2.78. The molecule has 0 amide bonds. The van der Waals surface area contributed by atoms with Gasteiger partial charge >= 0.3 is 0 Å². The molecule has 0 aromatic heterocycles. The quantitative estimate of drug-likeness (QED) is 0.890. The van der Waals surface area contributed by atoms with Gasteiger partial charge in [-0.2, -0.15) is 0 Å². The first kappa shape index (κ1) is 12.8. The maximum absolute atomic E-state index is 5.84. The molecule has 3 rings (SSSR count). The Morgan fingerprint density at radius 1 is 1.42 bits per heavy atom. The number of methoxy groups -OCH3 is 1. The summed E-state index contributed by atoms with van der Waals surface area (Å²) in [5.41, 5.74) is 2.48. The average Bonchev–Trinajstić information content (AvgIpc) is 2.64. The van der Waals surface area contributed by atoms with E-state index in [-0.39, 0.29) is 6.10 Å². The van der Waals surface area contributed by atoms with Crippen LogP contribution in [0.3, 0.4) is 0 Å². The summed E-state index contributed by atoms with van der Waals surface area (Å²) in [6.07, 6.45) is 1.26. The van der Waals surface area contributed by atoms with Crippen molar-refractivity contribution in [2.24, 2.45) is 0 Å². The number of ether oxygens (including phenoxy) is 2. The summed E-state index contributed by atoms with van der Waals surface area (Å²) in [7, 11) is 3.91. The second kappa shape index (κ2) is 5.02. The fraction of sp³-hybridized carbons (Fsp3) is 0.600. The van der Waals surface area contributed by atoms with Crippen LogP contribution < -0.4 is 14.8 Å². The Labute approximate surface area is 114 Å². The molecule has 1 N–H and O–H groups in total. The fourth-order valence-corrected chi connectivity index (χ4v) is 2.78. The molecule has 0 spiro atoms. The third-order valence-corrected chi connectivity index (χ3v) is 4.10. The third kappa shape index (κ3) is 2.42. The second-order valence-corrected chi connectivity index (χ2v) is 5.63. The highest BCUT2D eigenvalue weighted by atomic mass is 16.5. The van der Waals surface area contributed by atoms with Gasteiger partial charge in [-0.3, -0.25) is 4.90 Å². The van der Waals surface area contributed by atoms with Gasteiger partial charge in [0.1, 0.15) is 17.6 Å². The van der Waals surface area contributed by atoms with Gasteiger partial charge in [0.15, 0.2) is 0 Å². The zero-order chi connectivity index (χ0) is 13.4. The lowest BCUT2D eigenvalue weighted by Crippen LogP contribution is -2.55. The lowest BCUT2D eigenvalue weighted by atomic mass is 10.0. The number of rotatable bonds is 4. The largest absolute Gasteiger partial charge is 0.496 e. The minimum absolute atomic E-state index is 0.281. The molecule has 1 aromatic carbocycles. The Morgan fingerprint density at radius 3 is 2.84 bits per heavy atom. The topological polar surface area (TPSA) is 33.7 Å². The standard InChI is InChI=1S/C15H22N2O2/c1-10-4-11-5-14(18-3)12(6-15(11)19-10)9-17(2)13-7-16-8-13/h5-6,10,13,16H,4,7-9H2,1-3H3. The molecular formula is C15H22N2O2. The van der Waals surface area contributed by atoms with E-state index < -0.39 is 0 Å². The minimum atomic E-state index is 0.281. The highest BCUT2D eigenvalue weighted by Crippen LogP contribution is 2.35. The summed E-state index contributed by atoms with van der Waals surface area (Å²) >= 11 is 0. The lowest BCUT2D eigenvalue weighted by molar-refractivity contribution is 0.171. The average molecular weight is 262 g/mol. The first-order valence-electron chi connectivity index (χ1n) is 6.94. The van der Waals surface area contributed by atoms with Gasteiger partial charge in [-0.05, 0) is 26.1 Å². The Balaban J connectivity index is 1.81. The molecule has 2 aliphatic heterocycles. The predicted octanol–water partition coefficient (Wildman–Crippen LogP) is 1.42. The molecule has 0 bridgehead atoms. The van der Waals surface area contributed by atoms with Crippen molar-refractivity contribution < 1.29 is 9.47 Å². The summed E-state index contributed by atoms with van der Waals surface area (Å²) in [5.74, 6) is 2.01. The summed E-state index contributed by atoms with van der Waals surface area (Å²) in [4.78, 5) is 2.37. The molecule has 19 heavy (non-hydrogen) atoms. The Bertz CT molecular complexity index is 471. The van der Waals surface area contributed by atoms with Crippen LogP contribution in [0.4, 0.5) is 0 Å². The second-order valence-electron chi connectivity index (χ2n) is 5.63. The van der Waals surface area contributed by atoms with Crippen LogP contribution in [0, 0.1) is 0 Å². The van der Waals surface area contributed by atoms with Crippen molar-refractivity contribution in [3.63, 3.8) is 0 Å². The highest BCUT2D eigenvalue weighted by molar-refractivity contribution is 5.48. The van der Waals surface area contributed by atoms with Crippen LogP contribution in [0.2, 0.25) is 0 Å². The summed E-state index contributed by atoms with van der Waals surface area (Å²) < 4.78 is 11.4. The van der Waals surface area contributed by atoms with Crippen LogP contribution in [0.25, 0.3) is 0 Å². The number of likely N-dealkylation sites (N-methyl/N-ethyl adjacent to an activating group) is 1. The molecule has 2 aliphatic rings. The summed E-state index contributed by atoms with van der Waals surface area (Å²) in [6.45, 7) is 5.17. The first-order valence-corrected chi connectivity index (χ1v) is 6.94. The van der Waals surface area contributed by atoms with Gasteiger partial charge < -0.3 is 14.8 Å². The maximum Gasteiger partial charge on any atom is 0.123 e. The zero-order valence-corrected chi connectivity index (χ0v) is 11.9. The molecule has 104 valence electrons. The number of hydrogen-bond donors (Lipinski definition) is 1. The molecule has 0 radical (unpaired) electrons. The van der Waals surface area contributed by atoms with Crippen molar-refractivity contribution in [1.29, 1.82) is 0 Å². The molecule has 1 atom stereocenters. The van der Waals surface area contributed by atoms with E-state index in [1.165, 1.54) is 11.1 Å². The molecule has 1 saturated heterocycles. The molecule has 1 unspecified atom stereocenters. The molecule has 1 fully saturated rings. The van der Waals surface area contributed by atoms with E-state index in [4.69, 9.17) is 9.47 Å². The molecular weight excluding hydrogens is 240 g/mol. The van der Waals surface area contributed by atoms with Crippen LogP contribution in [0.5, 0.6) is 11.5 Å². The Kier molecular flexibility index (Phi) is 3.37. The van der Waals surface area contributed by atoms with Gasteiger partial charge in [-0.15, -0.1) is 0 Å². The molecule has 4 heteroatoms. The van der Waals surface area contributed by atoms with Gasteiger partial charge in [0.05, 0.1) is 7.11 Å². The molecule has 1 aromatic rings. The molecule has 2 heterocycles. The Morgan fingerprint density at radius 2 is 2.21 bits per heavy atom. The van der Waals surface area contributed by atoms with E-state index in [1.54, 1.807) is 7.11 Å². The number of nitrogens with one attached hydrogen (secondary N) is 1. The molecule has 4 nitrogen and oxygen atoms in total.